The predicted molar refractivity (Wildman–Crippen MR) is 89.4 cm³/mol. The molecular weight excluding hydrogens is 272 g/mol. The molecule has 3 heteroatoms. The maximum atomic E-state index is 12.0. The van der Waals surface area contributed by atoms with E-state index in [1.54, 1.807) is 0 Å². The van der Waals surface area contributed by atoms with E-state index in [1.807, 2.05) is 6.07 Å². The van der Waals surface area contributed by atoms with Crippen LogP contribution in [0, 0.1) is 0 Å². The minimum Gasteiger partial charge on any atom is -0.355 e. The lowest BCUT2D eigenvalue weighted by atomic mass is 10.0. The molecule has 1 heterocycles. The Bertz CT molecular complexity index is 624. The third-order valence-corrected chi connectivity index (χ3v) is 4.12. The first-order chi connectivity index (χ1) is 10.8. The zero-order valence-corrected chi connectivity index (χ0v) is 12.7. The monoisotopic (exact) mass is 294 g/mol. The summed E-state index contributed by atoms with van der Waals surface area (Å²) >= 11 is 0. The van der Waals surface area contributed by atoms with E-state index in [0.717, 1.165) is 32.4 Å². The Balaban J connectivity index is 1.67. The lowest BCUT2D eigenvalue weighted by Crippen LogP contribution is -2.42. The molecule has 1 aliphatic heterocycles. The zero-order chi connectivity index (χ0) is 15.2. The molecule has 0 aliphatic carbocycles. The van der Waals surface area contributed by atoms with E-state index in [4.69, 9.17) is 0 Å². The van der Waals surface area contributed by atoms with Crippen molar-refractivity contribution in [1.29, 1.82) is 0 Å². The SMILES string of the molecule is O=C1NCCCC[C@H]1NCc1cccc(-c2ccccc2)c1. The summed E-state index contributed by atoms with van der Waals surface area (Å²) in [5, 5.41) is 6.36. The van der Waals surface area contributed by atoms with Crippen molar-refractivity contribution in [3.8, 4) is 11.1 Å². The molecule has 0 bridgehead atoms. The van der Waals surface area contributed by atoms with Crippen LogP contribution in [0.1, 0.15) is 24.8 Å². The van der Waals surface area contributed by atoms with Gasteiger partial charge >= 0.3 is 0 Å². The molecule has 0 aromatic heterocycles. The second kappa shape index (κ2) is 7.23. The molecule has 0 radical (unpaired) electrons. The summed E-state index contributed by atoms with van der Waals surface area (Å²) in [6.45, 7) is 1.53. The van der Waals surface area contributed by atoms with Crippen molar-refractivity contribution < 1.29 is 4.79 Å². The van der Waals surface area contributed by atoms with Gasteiger partial charge in [-0.3, -0.25) is 4.79 Å². The average molecular weight is 294 g/mol. The Morgan fingerprint density at radius 3 is 2.68 bits per heavy atom. The number of benzene rings is 2. The summed E-state index contributed by atoms with van der Waals surface area (Å²) in [5.41, 5.74) is 3.64. The summed E-state index contributed by atoms with van der Waals surface area (Å²) < 4.78 is 0. The third kappa shape index (κ3) is 3.74. The highest BCUT2D eigenvalue weighted by molar-refractivity contribution is 5.81. The molecule has 114 valence electrons. The molecular formula is C19H22N2O. The van der Waals surface area contributed by atoms with Gasteiger partial charge in [0.25, 0.3) is 0 Å². The van der Waals surface area contributed by atoms with Crippen LogP contribution in [0.4, 0.5) is 0 Å². The van der Waals surface area contributed by atoms with Crippen molar-refractivity contribution in [2.24, 2.45) is 0 Å². The Morgan fingerprint density at radius 2 is 1.82 bits per heavy atom. The highest BCUT2D eigenvalue weighted by Crippen LogP contribution is 2.20. The van der Waals surface area contributed by atoms with Gasteiger partial charge in [-0.05, 0) is 42.0 Å². The first-order valence-electron chi connectivity index (χ1n) is 7.98. The van der Waals surface area contributed by atoms with Gasteiger partial charge in [0.05, 0.1) is 6.04 Å². The summed E-state index contributed by atoms with van der Waals surface area (Å²) in [6.07, 6.45) is 3.10. The maximum Gasteiger partial charge on any atom is 0.237 e. The summed E-state index contributed by atoms with van der Waals surface area (Å²) in [7, 11) is 0. The van der Waals surface area contributed by atoms with Crippen LogP contribution in [0.25, 0.3) is 11.1 Å². The van der Waals surface area contributed by atoms with Crippen LogP contribution >= 0.6 is 0 Å². The third-order valence-electron chi connectivity index (χ3n) is 4.12. The fraction of sp³-hybridized carbons (Fsp3) is 0.316. The average Bonchev–Trinajstić information content (AvgIpc) is 2.78. The van der Waals surface area contributed by atoms with Crippen molar-refractivity contribution in [2.75, 3.05) is 6.54 Å². The van der Waals surface area contributed by atoms with Crippen molar-refractivity contribution in [2.45, 2.75) is 31.8 Å². The molecule has 1 fully saturated rings. The normalized spacial score (nSPS) is 18.5. The van der Waals surface area contributed by atoms with Crippen LogP contribution in [0.5, 0.6) is 0 Å². The Kier molecular flexibility index (Phi) is 4.86. The van der Waals surface area contributed by atoms with E-state index >= 15 is 0 Å². The van der Waals surface area contributed by atoms with Crippen LogP contribution in [-0.4, -0.2) is 18.5 Å². The topological polar surface area (TPSA) is 41.1 Å². The molecule has 1 atom stereocenters. The summed E-state index contributed by atoms with van der Waals surface area (Å²) in [5.74, 6) is 0.136. The largest absolute Gasteiger partial charge is 0.355 e. The lowest BCUT2D eigenvalue weighted by Gasteiger charge is -2.15. The molecule has 0 saturated carbocycles. The van der Waals surface area contributed by atoms with Gasteiger partial charge in [0, 0.05) is 13.1 Å². The van der Waals surface area contributed by atoms with Gasteiger partial charge in [0.2, 0.25) is 5.91 Å². The van der Waals surface area contributed by atoms with E-state index in [2.05, 4.69) is 59.2 Å². The van der Waals surface area contributed by atoms with Gasteiger partial charge in [-0.1, -0.05) is 48.5 Å². The Morgan fingerprint density at radius 1 is 1.00 bits per heavy atom. The van der Waals surface area contributed by atoms with Crippen LogP contribution < -0.4 is 10.6 Å². The van der Waals surface area contributed by atoms with Gasteiger partial charge < -0.3 is 10.6 Å². The first kappa shape index (κ1) is 14.8. The minimum absolute atomic E-state index is 0.0668. The Labute approximate surface area is 131 Å². The zero-order valence-electron chi connectivity index (χ0n) is 12.7. The molecule has 2 N–H and O–H groups in total. The molecule has 1 amide bonds. The van der Waals surface area contributed by atoms with Crippen LogP contribution in [0.3, 0.4) is 0 Å². The summed E-state index contributed by atoms with van der Waals surface area (Å²) in [6, 6.07) is 18.8. The first-order valence-corrected chi connectivity index (χ1v) is 7.98. The van der Waals surface area contributed by atoms with Gasteiger partial charge in [0.1, 0.15) is 0 Å². The molecule has 3 rings (SSSR count). The van der Waals surface area contributed by atoms with E-state index in [1.165, 1.54) is 16.7 Å². The number of nitrogens with one attached hydrogen (secondary N) is 2. The fourth-order valence-electron chi connectivity index (χ4n) is 2.87. The number of carbonyl (C=O) groups is 1. The predicted octanol–water partition coefficient (Wildman–Crippen LogP) is 3.11. The molecule has 1 saturated heterocycles. The van der Waals surface area contributed by atoms with E-state index in [-0.39, 0.29) is 11.9 Å². The van der Waals surface area contributed by atoms with Gasteiger partial charge in [0.15, 0.2) is 0 Å². The van der Waals surface area contributed by atoms with E-state index in [9.17, 15) is 4.79 Å². The molecule has 22 heavy (non-hydrogen) atoms. The highest BCUT2D eigenvalue weighted by atomic mass is 16.2. The summed E-state index contributed by atoms with van der Waals surface area (Å²) in [4.78, 5) is 12.0. The van der Waals surface area contributed by atoms with E-state index in [0.29, 0.717) is 0 Å². The van der Waals surface area contributed by atoms with Crippen LogP contribution in [-0.2, 0) is 11.3 Å². The van der Waals surface area contributed by atoms with Crippen LogP contribution in [0.2, 0.25) is 0 Å². The van der Waals surface area contributed by atoms with Gasteiger partial charge in [-0.2, -0.15) is 0 Å². The van der Waals surface area contributed by atoms with Gasteiger partial charge in [-0.15, -0.1) is 0 Å². The smallest absolute Gasteiger partial charge is 0.237 e. The molecule has 3 nitrogen and oxygen atoms in total. The van der Waals surface area contributed by atoms with Crippen molar-refractivity contribution >= 4 is 5.91 Å². The molecule has 0 spiro atoms. The lowest BCUT2D eigenvalue weighted by molar-refractivity contribution is -0.122. The van der Waals surface area contributed by atoms with Crippen LogP contribution in [0.15, 0.2) is 54.6 Å². The van der Waals surface area contributed by atoms with Crippen molar-refractivity contribution in [1.82, 2.24) is 10.6 Å². The maximum absolute atomic E-state index is 12.0. The number of carbonyl (C=O) groups excluding carboxylic acids is 1. The van der Waals surface area contributed by atoms with Crippen molar-refractivity contribution in [3.05, 3.63) is 60.2 Å². The quantitative estimate of drug-likeness (QED) is 0.909. The number of hydrogen-bond acceptors (Lipinski definition) is 2. The number of hydrogen-bond donors (Lipinski definition) is 2. The fourth-order valence-corrected chi connectivity index (χ4v) is 2.87. The second-order valence-electron chi connectivity index (χ2n) is 5.79. The molecule has 2 aromatic rings. The highest BCUT2D eigenvalue weighted by Gasteiger charge is 2.19. The number of rotatable bonds is 4. The van der Waals surface area contributed by atoms with E-state index < -0.39 is 0 Å². The standard InChI is InChI=1S/C19H22N2O/c22-19-18(11-4-5-12-20-19)21-14-15-7-6-10-17(13-15)16-8-2-1-3-9-16/h1-3,6-10,13,18,21H,4-5,11-12,14H2,(H,20,22)/t18-/m1/s1. The van der Waals surface area contributed by atoms with Crippen molar-refractivity contribution in [3.63, 3.8) is 0 Å². The molecule has 0 unspecified atom stereocenters. The van der Waals surface area contributed by atoms with Gasteiger partial charge in [-0.25, -0.2) is 0 Å². The molecule has 1 aliphatic rings. The molecule has 2 aromatic carbocycles. The Hall–Kier alpha value is -2.13. The second-order valence-corrected chi connectivity index (χ2v) is 5.79. The number of amides is 1. The minimum atomic E-state index is -0.0668.